The van der Waals surface area contributed by atoms with Crippen LogP contribution in [0.2, 0.25) is 0 Å². The third kappa shape index (κ3) is 4.49. The highest BCUT2D eigenvalue weighted by Gasteiger charge is 2.22. The van der Waals surface area contributed by atoms with Crippen LogP contribution < -0.4 is 20.5 Å². The van der Waals surface area contributed by atoms with Gasteiger partial charge in [-0.05, 0) is 29.7 Å². The molecule has 0 radical (unpaired) electrons. The molecule has 1 aliphatic rings. The number of methoxy groups -OCH3 is 2. The van der Waals surface area contributed by atoms with Crippen molar-refractivity contribution in [1.82, 2.24) is 10.2 Å². The van der Waals surface area contributed by atoms with E-state index in [1.54, 1.807) is 19.1 Å². The Morgan fingerprint density at radius 3 is 2.39 bits per heavy atom. The van der Waals surface area contributed by atoms with Crippen molar-refractivity contribution in [3.63, 3.8) is 0 Å². The monoisotopic (exact) mass is 343 g/mol. The number of nitrogens with one attached hydrogen (secondary N) is 1. The van der Waals surface area contributed by atoms with E-state index in [0.717, 1.165) is 17.5 Å². The predicted octanol–water partition coefficient (Wildman–Crippen LogP) is 0.0852. The fraction of sp³-hybridized carbons (Fsp3) is 0.467. The third-order valence-corrected chi connectivity index (χ3v) is 3.69. The largest absolute Gasteiger partial charge is 0.493 e. The summed E-state index contributed by atoms with van der Waals surface area (Å²) in [6.07, 6.45) is 0.742. The molecule has 8 heteroatoms. The van der Waals surface area contributed by atoms with Gasteiger partial charge in [-0.15, -0.1) is 12.4 Å². The molecule has 3 N–H and O–H groups in total. The maximum atomic E-state index is 12.1. The lowest BCUT2D eigenvalue weighted by molar-refractivity contribution is -0.133. The number of carbonyl (C=O) groups excluding carboxylic acids is 2. The quantitative estimate of drug-likeness (QED) is 0.790. The molecule has 1 heterocycles. The molecular weight excluding hydrogens is 322 g/mol. The van der Waals surface area contributed by atoms with Gasteiger partial charge in [-0.3, -0.25) is 9.59 Å². The summed E-state index contributed by atoms with van der Waals surface area (Å²) in [4.78, 5) is 24.9. The van der Waals surface area contributed by atoms with Crippen LogP contribution in [0.1, 0.15) is 11.1 Å². The number of nitrogens with two attached hydrogens (primary N) is 1. The van der Waals surface area contributed by atoms with Crippen LogP contribution in [0.25, 0.3) is 0 Å². The normalized spacial score (nSPS) is 12.7. The third-order valence-electron chi connectivity index (χ3n) is 3.69. The molecule has 0 aromatic heterocycles. The van der Waals surface area contributed by atoms with Gasteiger partial charge in [-0.2, -0.15) is 0 Å². The Balaban J connectivity index is 0.00000264. The van der Waals surface area contributed by atoms with Gasteiger partial charge >= 0.3 is 0 Å². The van der Waals surface area contributed by atoms with Crippen LogP contribution >= 0.6 is 12.4 Å². The van der Waals surface area contributed by atoms with E-state index in [0.29, 0.717) is 24.6 Å². The first-order valence-electron chi connectivity index (χ1n) is 7.07. The SMILES string of the molecule is COc1cc2c(cc1OC)CN(C(=O)CNC(=O)CN)CC2.Cl. The second kappa shape index (κ2) is 8.59. The molecule has 1 aromatic rings. The fourth-order valence-corrected chi connectivity index (χ4v) is 2.45. The number of fused-ring (bicyclic) bond motifs is 1. The van der Waals surface area contributed by atoms with E-state index in [4.69, 9.17) is 15.2 Å². The summed E-state index contributed by atoms with van der Waals surface area (Å²) < 4.78 is 10.6. The number of nitrogens with zero attached hydrogens (tertiary/aromatic N) is 1. The van der Waals surface area contributed by atoms with E-state index in [1.165, 1.54) is 0 Å². The van der Waals surface area contributed by atoms with Gasteiger partial charge < -0.3 is 25.4 Å². The summed E-state index contributed by atoms with van der Waals surface area (Å²) in [5, 5.41) is 2.49. The number of ether oxygens (including phenoxy) is 2. The summed E-state index contributed by atoms with van der Waals surface area (Å²) in [5.41, 5.74) is 7.37. The maximum absolute atomic E-state index is 12.1. The minimum Gasteiger partial charge on any atom is -0.493 e. The summed E-state index contributed by atoms with van der Waals surface area (Å²) >= 11 is 0. The van der Waals surface area contributed by atoms with E-state index >= 15 is 0 Å². The average Bonchev–Trinajstić information content (AvgIpc) is 2.57. The van der Waals surface area contributed by atoms with Gasteiger partial charge in [0.2, 0.25) is 11.8 Å². The van der Waals surface area contributed by atoms with Crippen LogP contribution in [-0.4, -0.2) is 50.6 Å². The lowest BCUT2D eigenvalue weighted by Gasteiger charge is -2.29. The number of rotatable bonds is 5. The minimum atomic E-state index is -0.336. The smallest absolute Gasteiger partial charge is 0.242 e. The van der Waals surface area contributed by atoms with E-state index in [2.05, 4.69) is 5.32 Å². The highest BCUT2D eigenvalue weighted by Crippen LogP contribution is 2.33. The molecule has 2 amide bonds. The number of halogens is 1. The zero-order chi connectivity index (χ0) is 16.1. The molecule has 0 fully saturated rings. The van der Waals surface area contributed by atoms with E-state index in [1.807, 2.05) is 12.1 Å². The Bertz CT molecular complexity index is 580. The molecular formula is C15H22ClN3O4. The number of hydrogen-bond acceptors (Lipinski definition) is 5. The first kappa shape index (κ1) is 19.1. The summed E-state index contributed by atoms with van der Waals surface area (Å²) in [7, 11) is 3.18. The first-order valence-corrected chi connectivity index (χ1v) is 7.07. The predicted molar refractivity (Wildman–Crippen MR) is 88.0 cm³/mol. The Kier molecular flexibility index (Phi) is 7.12. The minimum absolute atomic E-state index is 0. The highest BCUT2D eigenvalue weighted by molar-refractivity contribution is 5.86. The number of carbonyl (C=O) groups is 2. The molecule has 0 aliphatic carbocycles. The molecule has 128 valence electrons. The van der Waals surface area contributed by atoms with Crippen LogP contribution in [0, 0.1) is 0 Å². The van der Waals surface area contributed by atoms with E-state index in [-0.39, 0.29) is 37.3 Å². The van der Waals surface area contributed by atoms with Crippen LogP contribution in [0.5, 0.6) is 11.5 Å². The van der Waals surface area contributed by atoms with Gasteiger partial charge in [0.1, 0.15) is 0 Å². The molecule has 1 aromatic carbocycles. The Morgan fingerprint density at radius 2 is 1.83 bits per heavy atom. The number of amides is 2. The van der Waals surface area contributed by atoms with Gasteiger partial charge in [0, 0.05) is 13.1 Å². The van der Waals surface area contributed by atoms with Crippen molar-refractivity contribution in [2.45, 2.75) is 13.0 Å². The van der Waals surface area contributed by atoms with Crippen molar-refractivity contribution in [1.29, 1.82) is 0 Å². The second-order valence-corrected chi connectivity index (χ2v) is 5.02. The van der Waals surface area contributed by atoms with Crippen molar-refractivity contribution in [2.24, 2.45) is 5.73 Å². The maximum Gasteiger partial charge on any atom is 0.242 e. The molecule has 0 saturated carbocycles. The molecule has 0 bridgehead atoms. The average molecular weight is 344 g/mol. The Morgan fingerprint density at radius 1 is 1.22 bits per heavy atom. The van der Waals surface area contributed by atoms with Gasteiger partial charge in [0.05, 0.1) is 27.3 Å². The summed E-state index contributed by atoms with van der Waals surface area (Å²) in [5.74, 6) is 0.877. The number of hydrogen-bond donors (Lipinski definition) is 2. The molecule has 23 heavy (non-hydrogen) atoms. The van der Waals surface area contributed by atoms with E-state index < -0.39 is 0 Å². The highest BCUT2D eigenvalue weighted by atomic mass is 35.5. The fourth-order valence-electron chi connectivity index (χ4n) is 2.45. The first-order chi connectivity index (χ1) is 10.6. The van der Waals surface area contributed by atoms with Crippen LogP contribution in [0.3, 0.4) is 0 Å². The van der Waals surface area contributed by atoms with Crippen molar-refractivity contribution < 1.29 is 19.1 Å². The van der Waals surface area contributed by atoms with Crippen LogP contribution in [0.15, 0.2) is 12.1 Å². The lowest BCUT2D eigenvalue weighted by atomic mass is 9.98. The molecule has 0 saturated heterocycles. The summed E-state index contributed by atoms with van der Waals surface area (Å²) in [6, 6.07) is 3.85. The van der Waals surface area contributed by atoms with Gasteiger partial charge in [0.15, 0.2) is 11.5 Å². The lowest BCUT2D eigenvalue weighted by Crippen LogP contribution is -2.43. The van der Waals surface area contributed by atoms with Crippen molar-refractivity contribution in [3.8, 4) is 11.5 Å². The molecule has 0 spiro atoms. The zero-order valence-electron chi connectivity index (χ0n) is 13.3. The second-order valence-electron chi connectivity index (χ2n) is 5.02. The molecule has 7 nitrogen and oxygen atoms in total. The molecule has 2 rings (SSSR count). The Labute approximate surface area is 141 Å². The molecule has 0 unspecified atom stereocenters. The number of benzene rings is 1. The van der Waals surface area contributed by atoms with Crippen LogP contribution in [0.4, 0.5) is 0 Å². The van der Waals surface area contributed by atoms with Crippen molar-refractivity contribution >= 4 is 24.2 Å². The zero-order valence-corrected chi connectivity index (χ0v) is 14.1. The van der Waals surface area contributed by atoms with E-state index in [9.17, 15) is 9.59 Å². The molecule has 0 atom stereocenters. The van der Waals surface area contributed by atoms with Crippen molar-refractivity contribution in [2.75, 3.05) is 33.9 Å². The summed E-state index contributed by atoms with van der Waals surface area (Å²) in [6.45, 7) is 0.957. The topological polar surface area (TPSA) is 93.9 Å². The standard InChI is InChI=1S/C15H21N3O4.ClH/c1-21-12-5-10-3-4-18(9-11(10)6-13(12)22-2)15(20)8-17-14(19)7-16;/h5-6H,3-4,7-9,16H2,1-2H3,(H,17,19);1H. The van der Waals surface area contributed by atoms with Crippen molar-refractivity contribution in [3.05, 3.63) is 23.3 Å². The van der Waals surface area contributed by atoms with Crippen LogP contribution in [-0.2, 0) is 22.6 Å². The Hall–Kier alpha value is -1.99. The molecule has 1 aliphatic heterocycles. The van der Waals surface area contributed by atoms with Gasteiger partial charge in [-0.1, -0.05) is 0 Å². The van der Waals surface area contributed by atoms with Gasteiger partial charge in [0.25, 0.3) is 0 Å². The van der Waals surface area contributed by atoms with Gasteiger partial charge in [-0.25, -0.2) is 0 Å².